The molecule has 1 N–H and O–H groups in total. The average Bonchev–Trinajstić information content (AvgIpc) is 2.94. The molecule has 0 spiro atoms. The zero-order chi connectivity index (χ0) is 14.4. The fraction of sp³-hybridized carbons (Fsp3) is 0.647. The van der Waals surface area contributed by atoms with Crippen LogP contribution in [0.2, 0.25) is 0 Å². The highest BCUT2D eigenvalue weighted by molar-refractivity contribution is 5.48. The molecule has 0 saturated carbocycles. The Hall–Kier alpha value is -1.06. The smallest absolute Gasteiger partial charge is 0.0508 e. The van der Waals surface area contributed by atoms with E-state index < -0.39 is 0 Å². The van der Waals surface area contributed by atoms with Gasteiger partial charge in [0.25, 0.3) is 0 Å². The van der Waals surface area contributed by atoms with Crippen molar-refractivity contribution in [2.75, 3.05) is 38.3 Å². The van der Waals surface area contributed by atoms with Crippen LogP contribution in [0.5, 0.6) is 0 Å². The van der Waals surface area contributed by atoms with Crippen LogP contribution in [0, 0.1) is 5.92 Å². The van der Waals surface area contributed by atoms with Crippen molar-refractivity contribution in [3.05, 3.63) is 29.8 Å². The molecular weight excluding hydrogens is 248 g/mol. The first-order valence-corrected chi connectivity index (χ1v) is 7.81. The lowest BCUT2D eigenvalue weighted by Crippen LogP contribution is -2.21. The monoisotopic (exact) mass is 276 g/mol. The molecule has 2 atom stereocenters. The second-order valence-electron chi connectivity index (χ2n) is 5.82. The molecule has 2 unspecified atom stereocenters. The molecule has 0 radical (unpaired) electrons. The molecule has 112 valence electrons. The molecule has 1 heterocycles. The fourth-order valence-electron chi connectivity index (χ4n) is 2.89. The zero-order valence-corrected chi connectivity index (χ0v) is 13.1. The van der Waals surface area contributed by atoms with Gasteiger partial charge in [-0.05, 0) is 44.0 Å². The lowest BCUT2D eigenvalue weighted by atomic mass is 10.1. The Kier molecular flexibility index (Phi) is 5.86. The lowest BCUT2D eigenvalue weighted by Gasteiger charge is -2.20. The number of anilines is 1. The lowest BCUT2D eigenvalue weighted by molar-refractivity contribution is 0.161. The van der Waals surface area contributed by atoms with E-state index in [1.807, 2.05) is 0 Å². The van der Waals surface area contributed by atoms with Crippen LogP contribution in [0.25, 0.3) is 0 Å². The maximum absolute atomic E-state index is 5.26. The molecule has 2 rings (SSSR count). The number of nitrogens with one attached hydrogen (secondary N) is 1. The van der Waals surface area contributed by atoms with Crippen LogP contribution < -0.4 is 10.2 Å². The van der Waals surface area contributed by atoms with Gasteiger partial charge in [0.15, 0.2) is 0 Å². The van der Waals surface area contributed by atoms with Gasteiger partial charge < -0.3 is 15.0 Å². The molecular formula is C17H28N2O. The van der Waals surface area contributed by atoms with Crippen molar-refractivity contribution in [2.24, 2.45) is 5.92 Å². The van der Waals surface area contributed by atoms with Gasteiger partial charge in [0.1, 0.15) is 0 Å². The third-order valence-electron chi connectivity index (χ3n) is 4.15. The van der Waals surface area contributed by atoms with Crippen molar-refractivity contribution in [3.8, 4) is 0 Å². The molecule has 1 saturated heterocycles. The van der Waals surface area contributed by atoms with E-state index in [4.69, 9.17) is 4.74 Å². The Morgan fingerprint density at radius 3 is 2.75 bits per heavy atom. The van der Waals surface area contributed by atoms with Crippen LogP contribution in [0.3, 0.4) is 0 Å². The van der Waals surface area contributed by atoms with Crippen LogP contribution in [0.1, 0.15) is 38.3 Å². The van der Waals surface area contributed by atoms with Crippen LogP contribution in [0.15, 0.2) is 24.3 Å². The first-order valence-electron chi connectivity index (χ1n) is 7.81. The molecule has 1 aliphatic rings. The molecule has 0 amide bonds. The summed E-state index contributed by atoms with van der Waals surface area (Å²) in [7, 11) is 1.79. The quantitative estimate of drug-likeness (QED) is 0.827. The molecule has 20 heavy (non-hydrogen) atoms. The molecule has 1 aromatic rings. The van der Waals surface area contributed by atoms with Crippen LogP contribution in [0.4, 0.5) is 5.69 Å². The third kappa shape index (κ3) is 3.97. The number of hydrogen-bond acceptors (Lipinski definition) is 3. The maximum Gasteiger partial charge on any atom is 0.0508 e. The number of rotatable bonds is 7. The molecule has 3 nitrogen and oxygen atoms in total. The largest absolute Gasteiger partial charge is 0.384 e. The first-order chi connectivity index (χ1) is 9.74. The minimum atomic E-state index is 0.434. The second kappa shape index (κ2) is 7.65. The normalized spacial score (nSPS) is 20.4. The van der Waals surface area contributed by atoms with Crippen molar-refractivity contribution in [2.45, 2.75) is 32.7 Å². The fourth-order valence-corrected chi connectivity index (χ4v) is 2.89. The van der Waals surface area contributed by atoms with E-state index in [-0.39, 0.29) is 0 Å². The summed E-state index contributed by atoms with van der Waals surface area (Å²) >= 11 is 0. The Bertz CT molecular complexity index is 390. The predicted molar refractivity (Wildman–Crippen MR) is 85.3 cm³/mol. The van der Waals surface area contributed by atoms with Gasteiger partial charge in [0, 0.05) is 37.8 Å². The summed E-state index contributed by atoms with van der Waals surface area (Å²) in [6.45, 7) is 8.66. The summed E-state index contributed by atoms with van der Waals surface area (Å²) in [5.41, 5.74) is 2.71. The summed E-state index contributed by atoms with van der Waals surface area (Å²) in [4.78, 5) is 2.47. The van der Waals surface area contributed by atoms with Crippen LogP contribution in [-0.4, -0.2) is 33.4 Å². The number of nitrogens with zero attached hydrogens (tertiary/aromatic N) is 1. The SMILES string of the molecule is CCCNC(C)c1ccc(N2CCC(COC)C2)cc1. The molecule has 1 fully saturated rings. The van der Waals surface area contributed by atoms with Gasteiger partial charge in [-0.25, -0.2) is 0 Å². The summed E-state index contributed by atoms with van der Waals surface area (Å²) in [6, 6.07) is 9.46. The number of benzene rings is 1. The second-order valence-corrected chi connectivity index (χ2v) is 5.82. The third-order valence-corrected chi connectivity index (χ3v) is 4.15. The summed E-state index contributed by atoms with van der Waals surface area (Å²) in [5, 5.41) is 3.53. The molecule has 1 aliphatic heterocycles. The van der Waals surface area contributed by atoms with Crippen molar-refractivity contribution in [3.63, 3.8) is 0 Å². The standard InChI is InChI=1S/C17H28N2O/c1-4-10-18-14(2)16-5-7-17(8-6-16)19-11-9-15(12-19)13-20-3/h5-8,14-15,18H,4,9-13H2,1-3H3. The minimum absolute atomic E-state index is 0.434. The molecule has 0 aromatic heterocycles. The summed E-state index contributed by atoms with van der Waals surface area (Å²) in [5.74, 6) is 0.685. The Morgan fingerprint density at radius 2 is 2.10 bits per heavy atom. The summed E-state index contributed by atoms with van der Waals surface area (Å²) < 4.78 is 5.26. The van der Waals surface area contributed by atoms with Gasteiger partial charge in [-0.15, -0.1) is 0 Å². The number of ether oxygens (including phenoxy) is 1. The van der Waals surface area contributed by atoms with E-state index in [1.165, 1.54) is 24.1 Å². The maximum atomic E-state index is 5.26. The van der Waals surface area contributed by atoms with Crippen molar-refractivity contribution in [1.82, 2.24) is 5.32 Å². The average molecular weight is 276 g/mol. The summed E-state index contributed by atoms with van der Waals surface area (Å²) in [6.07, 6.45) is 2.42. The number of hydrogen-bond donors (Lipinski definition) is 1. The molecule has 0 aliphatic carbocycles. The van der Waals surface area contributed by atoms with E-state index >= 15 is 0 Å². The first kappa shape index (κ1) is 15.3. The van der Waals surface area contributed by atoms with Crippen molar-refractivity contribution < 1.29 is 4.74 Å². The highest BCUT2D eigenvalue weighted by Crippen LogP contribution is 2.25. The Balaban J connectivity index is 1.91. The van der Waals surface area contributed by atoms with Gasteiger partial charge >= 0.3 is 0 Å². The number of methoxy groups -OCH3 is 1. The van der Waals surface area contributed by atoms with Crippen LogP contribution >= 0.6 is 0 Å². The zero-order valence-electron chi connectivity index (χ0n) is 13.1. The van der Waals surface area contributed by atoms with E-state index in [0.29, 0.717) is 12.0 Å². The van der Waals surface area contributed by atoms with E-state index in [0.717, 1.165) is 26.2 Å². The van der Waals surface area contributed by atoms with Crippen LogP contribution in [-0.2, 0) is 4.74 Å². The van der Waals surface area contributed by atoms with Gasteiger partial charge in [-0.3, -0.25) is 0 Å². The topological polar surface area (TPSA) is 24.5 Å². The van der Waals surface area contributed by atoms with E-state index in [1.54, 1.807) is 7.11 Å². The van der Waals surface area contributed by atoms with Crippen molar-refractivity contribution >= 4 is 5.69 Å². The van der Waals surface area contributed by atoms with Gasteiger partial charge in [0.05, 0.1) is 6.61 Å². The van der Waals surface area contributed by atoms with Crippen molar-refractivity contribution in [1.29, 1.82) is 0 Å². The highest BCUT2D eigenvalue weighted by atomic mass is 16.5. The highest BCUT2D eigenvalue weighted by Gasteiger charge is 2.22. The molecule has 0 bridgehead atoms. The molecule has 3 heteroatoms. The Morgan fingerprint density at radius 1 is 1.35 bits per heavy atom. The molecule has 1 aromatic carbocycles. The minimum Gasteiger partial charge on any atom is -0.384 e. The van der Waals surface area contributed by atoms with Gasteiger partial charge in [-0.2, -0.15) is 0 Å². The Labute approximate surface area is 123 Å². The van der Waals surface area contributed by atoms with E-state index in [9.17, 15) is 0 Å². The van der Waals surface area contributed by atoms with Gasteiger partial charge in [-0.1, -0.05) is 19.1 Å². The van der Waals surface area contributed by atoms with E-state index in [2.05, 4.69) is 48.3 Å². The van der Waals surface area contributed by atoms with Gasteiger partial charge in [0.2, 0.25) is 0 Å². The predicted octanol–water partition coefficient (Wildman–Crippen LogP) is 3.22.